The van der Waals surface area contributed by atoms with Crippen LogP contribution in [0.25, 0.3) is 5.95 Å². The number of anilines is 2. The van der Waals surface area contributed by atoms with E-state index in [0.29, 0.717) is 30.2 Å². The Balaban J connectivity index is 2.28. The van der Waals surface area contributed by atoms with E-state index in [1.54, 1.807) is 30.2 Å². The van der Waals surface area contributed by atoms with Gasteiger partial charge in [0.05, 0.1) is 0 Å². The van der Waals surface area contributed by atoms with Crippen molar-refractivity contribution in [3.8, 4) is 5.95 Å². The Labute approximate surface area is 123 Å². The average molecular weight is 291 g/mol. The molecule has 8 nitrogen and oxygen atoms in total. The van der Waals surface area contributed by atoms with Crippen LogP contribution < -0.4 is 10.6 Å². The molecule has 2 aromatic heterocycles. The third-order valence-electron chi connectivity index (χ3n) is 3.12. The lowest BCUT2D eigenvalue weighted by Gasteiger charge is -2.21. The second kappa shape index (κ2) is 6.98. The lowest BCUT2D eigenvalue weighted by Crippen LogP contribution is -2.28. The van der Waals surface area contributed by atoms with Gasteiger partial charge in [0.1, 0.15) is 0 Å². The first-order valence-corrected chi connectivity index (χ1v) is 6.95. The minimum atomic E-state index is 0.0903. The van der Waals surface area contributed by atoms with Gasteiger partial charge in [-0.1, -0.05) is 13.8 Å². The van der Waals surface area contributed by atoms with Crippen molar-refractivity contribution in [3.05, 3.63) is 18.5 Å². The van der Waals surface area contributed by atoms with Crippen molar-refractivity contribution in [1.29, 1.82) is 0 Å². The summed E-state index contributed by atoms with van der Waals surface area (Å²) >= 11 is 0. The Hall–Kier alpha value is -2.22. The fourth-order valence-electron chi connectivity index (χ4n) is 1.91. The van der Waals surface area contributed by atoms with Gasteiger partial charge >= 0.3 is 0 Å². The highest BCUT2D eigenvalue weighted by Crippen LogP contribution is 2.14. The van der Waals surface area contributed by atoms with E-state index >= 15 is 0 Å². The minimum absolute atomic E-state index is 0.0903. The predicted octanol–water partition coefficient (Wildman–Crippen LogP) is 0.918. The molecule has 0 aliphatic carbocycles. The molecule has 1 unspecified atom stereocenters. The summed E-state index contributed by atoms with van der Waals surface area (Å²) in [5.74, 6) is 1.71. The summed E-state index contributed by atoms with van der Waals surface area (Å²) in [6, 6.07) is 1.89. The monoisotopic (exact) mass is 291 g/mol. The van der Waals surface area contributed by atoms with Crippen LogP contribution in [0.2, 0.25) is 0 Å². The summed E-state index contributed by atoms with van der Waals surface area (Å²) in [5.41, 5.74) is 0. The molecule has 0 amide bonds. The summed E-state index contributed by atoms with van der Waals surface area (Å²) in [6.45, 7) is 4.29. The average Bonchev–Trinajstić information content (AvgIpc) is 3.00. The standard InChI is InChI=1S/C13H21N7O/c1-9(2)10(5-8-21)16-12-17-11(14-3)18-13(19-12)20-7-4-6-15-20/h4,6-7,9-10,21H,5,8H2,1-3H3,(H2,14,16,17,18,19). The number of aliphatic hydroxyl groups excluding tert-OH is 1. The first kappa shape index (κ1) is 15.2. The van der Waals surface area contributed by atoms with Crippen molar-refractivity contribution in [2.75, 3.05) is 24.3 Å². The van der Waals surface area contributed by atoms with Gasteiger partial charge in [0.2, 0.25) is 11.9 Å². The molecule has 0 spiro atoms. The van der Waals surface area contributed by atoms with Crippen LogP contribution in [-0.2, 0) is 0 Å². The second-order valence-electron chi connectivity index (χ2n) is 4.99. The van der Waals surface area contributed by atoms with E-state index in [0.717, 1.165) is 0 Å². The molecule has 0 aliphatic heterocycles. The second-order valence-corrected chi connectivity index (χ2v) is 4.99. The summed E-state index contributed by atoms with van der Waals surface area (Å²) < 4.78 is 1.57. The first-order chi connectivity index (χ1) is 10.1. The minimum Gasteiger partial charge on any atom is -0.396 e. The smallest absolute Gasteiger partial charge is 0.257 e. The van der Waals surface area contributed by atoms with Crippen LogP contribution >= 0.6 is 0 Å². The fraction of sp³-hybridized carbons (Fsp3) is 0.538. The topological polar surface area (TPSA) is 101 Å². The number of nitrogens with zero attached hydrogens (tertiary/aromatic N) is 5. The van der Waals surface area contributed by atoms with Crippen molar-refractivity contribution in [2.45, 2.75) is 26.3 Å². The van der Waals surface area contributed by atoms with E-state index < -0.39 is 0 Å². The van der Waals surface area contributed by atoms with Crippen molar-refractivity contribution < 1.29 is 5.11 Å². The molecule has 0 fully saturated rings. The van der Waals surface area contributed by atoms with E-state index in [1.807, 2.05) is 0 Å². The number of aromatic nitrogens is 5. The van der Waals surface area contributed by atoms with Crippen molar-refractivity contribution in [3.63, 3.8) is 0 Å². The quantitative estimate of drug-likeness (QED) is 0.697. The van der Waals surface area contributed by atoms with Gasteiger partial charge in [0, 0.05) is 32.1 Å². The van der Waals surface area contributed by atoms with E-state index in [9.17, 15) is 0 Å². The van der Waals surface area contributed by atoms with Crippen molar-refractivity contribution in [2.24, 2.45) is 5.92 Å². The SMILES string of the molecule is CNc1nc(NC(CCO)C(C)C)nc(-n2cccn2)n1. The summed E-state index contributed by atoms with van der Waals surface area (Å²) in [5, 5.41) is 19.4. The van der Waals surface area contributed by atoms with Crippen LogP contribution in [0.1, 0.15) is 20.3 Å². The summed E-state index contributed by atoms with van der Waals surface area (Å²) in [6.07, 6.45) is 4.07. The molecule has 2 aromatic rings. The van der Waals surface area contributed by atoms with Crippen LogP contribution in [0, 0.1) is 5.92 Å². The van der Waals surface area contributed by atoms with Crippen LogP contribution in [0.4, 0.5) is 11.9 Å². The van der Waals surface area contributed by atoms with E-state index in [4.69, 9.17) is 5.11 Å². The molecule has 8 heteroatoms. The lowest BCUT2D eigenvalue weighted by molar-refractivity contribution is 0.267. The van der Waals surface area contributed by atoms with Gasteiger partial charge in [-0.2, -0.15) is 20.1 Å². The number of rotatable bonds is 7. The third kappa shape index (κ3) is 3.88. The third-order valence-corrected chi connectivity index (χ3v) is 3.12. The van der Waals surface area contributed by atoms with Gasteiger partial charge < -0.3 is 15.7 Å². The molecule has 2 rings (SSSR count). The maximum atomic E-state index is 9.15. The van der Waals surface area contributed by atoms with Crippen molar-refractivity contribution in [1.82, 2.24) is 24.7 Å². The largest absolute Gasteiger partial charge is 0.396 e. The highest BCUT2D eigenvalue weighted by Gasteiger charge is 2.15. The maximum Gasteiger partial charge on any atom is 0.257 e. The van der Waals surface area contributed by atoms with E-state index in [2.05, 4.69) is 44.5 Å². The first-order valence-electron chi connectivity index (χ1n) is 6.95. The Morgan fingerprint density at radius 1 is 1.24 bits per heavy atom. The Bertz CT molecular complexity index is 556. The van der Waals surface area contributed by atoms with E-state index in [-0.39, 0.29) is 12.6 Å². The van der Waals surface area contributed by atoms with Gasteiger partial charge in [0.25, 0.3) is 5.95 Å². The molecule has 0 saturated heterocycles. The Morgan fingerprint density at radius 3 is 2.57 bits per heavy atom. The highest BCUT2D eigenvalue weighted by atomic mass is 16.3. The molecular formula is C13H21N7O. The van der Waals surface area contributed by atoms with Gasteiger partial charge in [-0.3, -0.25) is 0 Å². The maximum absolute atomic E-state index is 9.15. The van der Waals surface area contributed by atoms with Gasteiger partial charge in [-0.05, 0) is 18.4 Å². The Morgan fingerprint density at radius 2 is 2.00 bits per heavy atom. The van der Waals surface area contributed by atoms with Crippen LogP contribution in [0.3, 0.4) is 0 Å². The van der Waals surface area contributed by atoms with Crippen LogP contribution in [-0.4, -0.2) is 49.5 Å². The molecular weight excluding hydrogens is 270 g/mol. The normalized spacial score (nSPS) is 12.4. The molecule has 114 valence electrons. The highest BCUT2D eigenvalue weighted by molar-refractivity contribution is 5.38. The summed E-state index contributed by atoms with van der Waals surface area (Å²) in [4.78, 5) is 12.9. The number of hydrogen-bond donors (Lipinski definition) is 3. The zero-order valence-electron chi connectivity index (χ0n) is 12.5. The van der Waals surface area contributed by atoms with Gasteiger partial charge in [-0.25, -0.2) is 4.68 Å². The van der Waals surface area contributed by atoms with Crippen LogP contribution in [0.15, 0.2) is 18.5 Å². The predicted molar refractivity (Wildman–Crippen MR) is 80.4 cm³/mol. The van der Waals surface area contributed by atoms with Crippen molar-refractivity contribution >= 4 is 11.9 Å². The molecule has 0 radical (unpaired) electrons. The lowest BCUT2D eigenvalue weighted by atomic mass is 10.0. The fourth-order valence-corrected chi connectivity index (χ4v) is 1.91. The zero-order valence-corrected chi connectivity index (χ0v) is 12.5. The molecule has 1 atom stereocenters. The Kier molecular flexibility index (Phi) is 5.04. The molecule has 3 N–H and O–H groups in total. The molecule has 2 heterocycles. The van der Waals surface area contributed by atoms with Crippen LogP contribution in [0.5, 0.6) is 0 Å². The van der Waals surface area contributed by atoms with Gasteiger partial charge in [0.15, 0.2) is 0 Å². The molecule has 0 saturated carbocycles. The van der Waals surface area contributed by atoms with E-state index in [1.165, 1.54) is 0 Å². The molecule has 0 aliphatic rings. The molecule has 21 heavy (non-hydrogen) atoms. The zero-order chi connectivity index (χ0) is 15.2. The summed E-state index contributed by atoms with van der Waals surface area (Å²) in [7, 11) is 1.75. The number of aliphatic hydroxyl groups is 1. The molecule has 0 bridgehead atoms. The number of hydrogen-bond acceptors (Lipinski definition) is 7. The van der Waals surface area contributed by atoms with Gasteiger partial charge in [-0.15, -0.1) is 0 Å². The number of nitrogens with one attached hydrogen (secondary N) is 2. The molecule has 0 aromatic carbocycles.